The van der Waals surface area contributed by atoms with Crippen molar-refractivity contribution in [2.24, 2.45) is 0 Å². The van der Waals surface area contributed by atoms with Crippen molar-refractivity contribution in [3.63, 3.8) is 0 Å². The summed E-state index contributed by atoms with van der Waals surface area (Å²) >= 11 is 5.52. The normalized spacial score (nSPS) is 15.9. The molecular weight excluding hydrogens is 358 g/mol. The molecule has 4 rings (SSSR count). The van der Waals surface area contributed by atoms with Crippen molar-refractivity contribution in [1.29, 1.82) is 0 Å². The predicted molar refractivity (Wildman–Crippen MR) is 108 cm³/mol. The molecule has 1 unspecified atom stereocenters. The van der Waals surface area contributed by atoms with Gasteiger partial charge in [0.2, 0.25) is 0 Å². The van der Waals surface area contributed by atoms with Crippen LogP contribution in [0.3, 0.4) is 0 Å². The second-order valence-electron chi connectivity index (χ2n) is 6.83. The van der Waals surface area contributed by atoms with E-state index in [0.717, 1.165) is 42.9 Å². The molecule has 2 aromatic carbocycles. The Hall–Kier alpha value is -2.57. The minimum Gasteiger partial charge on any atom is -0.508 e. The van der Waals surface area contributed by atoms with E-state index in [1.807, 2.05) is 18.3 Å². The molecule has 3 aromatic rings. The third-order valence-electron chi connectivity index (χ3n) is 4.92. The molecule has 3 N–H and O–H groups in total. The molecule has 1 atom stereocenters. The fourth-order valence-electron chi connectivity index (χ4n) is 3.58. The number of aromatic hydroxyl groups is 1. The van der Waals surface area contributed by atoms with Crippen molar-refractivity contribution >= 4 is 12.2 Å². The maximum absolute atomic E-state index is 9.75. The number of aromatic amines is 1. The van der Waals surface area contributed by atoms with Gasteiger partial charge in [0.25, 0.3) is 0 Å². The summed E-state index contributed by atoms with van der Waals surface area (Å²) in [5, 5.41) is 13.2. The molecule has 0 saturated carbocycles. The summed E-state index contributed by atoms with van der Waals surface area (Å²) in [5.41, 5.74) is 3.46. The van der Waals surface area contributed by atoms with E-state index in [1.54, 1.807) is 12.1 Å². The molecule has 0 spiro atoms. The molecule has 1 aromatic heterocycles. The number of hydrogen-bond acceptors (Lipinski definition) is 4. The largest absolute Gasteiger partial charge is 0.508 e. The summed E-state index contributed by atoms with van der Waals surface area (Å²) < 4.78 is 8.77. The summed E-state index contributed by atoms with van der Waals surface area (Å²) in [6, 6.07) is 15.8. The summed E-state index contributed by atoms with van der Waals surface area (Å²) in [6.07, 6.45) is 3.66. The van der Waals surface area contributed by atoms with Gasteiger partial charge in [-0.3, -0.25) is 0 Å². The van der Waals surface area contributed by atoms with E-state index in [9.17, 15) is 5.11 Å². The molecule has 1 aliphatic rings. The fraction of sp³-hybridized carbons (Fsp3) is 0.286. The Labute approximate surface area is 163 Å². The van der Waals surface area contributed by atoms with Crippen LogP contribution < -0.4 is 10.1 Å². The van der Waals surface area contributed by atoms with Crippen molar-refractivity contribution in [3.8, 4) is 11.5 Å². The van der Waals surface area contributed by atoms with Crippen LogP contribution in [0.15, 0.2) is 54.7 Å². The van der Waals surface area contributed by atoms with Gasteiger partial charge in [0.1, 0.15) is 18.1 Å². The molecule has 0 saturated heterocycles. The number of benzene rings is 2. The number of ether oxygens (including phenoxy) is 1. The number of nitrogens with one attached hydrogen (secondary N) is 2. The Morgan fingerprint density at radius 1 is 1.22 bits per heavy atom. The molecule has 1 aliphatic heterocycles. The van der Waals surface area contributed by atoms with E-state index in [2.05, 4.69) is 39.1 Å². The highest BCUT2D eigenvalue weighted by atomic mass is 32.1. The van der Waals surface area contributed by atoms with Gasteiger partial charge in [-0.25, -0.2) is 0 Å². The van der Waals surface area contributed by atoms with Gasteiger partial charge >= 0.3 is 0 Å². The molecule has 0 bridgehead atoms. The Morgan fingerprint density at radius 2 is 2.07 bits per heavy atom. The van der Waals surface area contributed by atoms with E-state index >= 15 is 0 Å². The minimum absolute atomic E-state index is 0.127. The lowest BCUT2D eigenvalue weighted by Gasteiger charge is -2.27. The number of aromatic nitrogens is 2. The van der Waals surface area contributed by atoms with Gasteiger partial charge in [0, 0.05) is 37.8 Å². The van der Waals surface area contributed by atoms with E-state index in [0.29, 0.717) is 11.4 Å². The van der Waals surface area contributed by atoms with Crippen molar-refractivity contribution in [3.05, 3.63) is 76.3 Å². The topological polar surface area (TPSA) is 62.2 Å². The number of fused-ring (bicyclic) bond motifs is 1. The molecule has 0 amide bonds. The Morgan fingerprint density at radius 3 is 2.93 bits per heavy atom. The summed E-state index contributed by atoms with van der Waals surface area (Å²) in [7, 11) is 0. The molecule has 2 heterocycles. The average Bonchev–Trinajstić information content (AvgIpc) is 3.06. The van der Waals surface area contributed by atoms with Crippen LogP contribution in [0.2, 0.25) is 0 Å². The SMILES string of the molecule is Oc1ccc2c(c1)CC(n1c(CCNCc3ccccc3)c[nH]c1=S)CO2. The van der Waals surface area contributed by atoms with E-state index in [4.69, 9.17) is 17.0 Å². The fourth-order valence-corrected chi connectivity index (χ4v) is 3.91. The number of imidazole rings is 1. The highest BCUT2D eigenvalue weighted by Gasteiger charge is 2.24. The molecule has 140 valence electrons. The second kappa shape index (κ2) is 7.98. The zero-order valence-corrected chi connectivity index (χ0v) is 15.8. The second-order valence-corrected chi connectivity index (χ2v) is 7.22. The van der Waals surface area contributed by atoms with Gasteiger partial charge in [0.05, 0.1) is 6.04 Å². The lowest BCUT2D eigenvalue weighted by Crippen LogP contribution is -2.27. The Kier molecular flexibility index (Phi) is 5.27. The highest BCUT2D eigenvalue weighted by molar-refractivity contribution is 7.71. The molecule has 0 fully saturated rings. The smallest absolute Gasteiger partial charge is 0.177 e. The number of phenolic OH excluding ortho intramolecular Hbond substituents is 1. The van der Waals surface area contributed by atoms with Gasteiger partial charge in [-0.2, -0.15) is 0 Å². The third kappa shape index (κ3) is 4.07. The monoisotopic (exact) mass is 381 g/mol. The van der Waals surface area contributed by atoms with Crippen LogP contribution in [0.5, 0.6) is 11.5 Å². The zero-order chi connectivity index (χ0) is 18.6. The first-order chi connectivity index (χ1) is 13.2. The van der Waals surface area contributed by atoms with Crippen LogP contribution in [0.4, 0.5) is 0 Å². The van der Waals surface area contributed by atoms with Crippen molar-refractivity contribution < 1.29 is 9.84 Å². The van der Waals surface area contributed by atoms with Gasteiger partial charge in [-0.05, 0) is 41.5 Å². The Bertz CT molecular complexity index is 965. The van der Waals surface area contributed by atoms with Crippen LogP contribution in [0, 0.1) is 4.77 Å². The minimum atomic E-state index is 0.127. The average molecular weight is 382 g/mol. The first kappa shape index (κ1) is 17.8. The highest BCUT2D eigenvalue weighted by Crippen LogP contribution is 2.32. The van der Waals surface area contributed by atoms with Crippen LogP contribution >= 0.6 is 12.2 Å². The molecule has 5 nitrogen and oxygen atoms in total. The molecule has 0 radical (unpaired) electrons. The van der Waals surface area contributed by atoms with Crippen molar-refractivity contribution in [1.82, 2.24) is 14.9 Å². The number of rotatable bonds is 6. The molecule has 6 heteroatoms. The number of phenols is 1. The maximum Gasteiger partial charge on any atom is 0.177 e. The number of hydrogen-bond donors (Lipinski definition) is 3. The summed E-state index contributed by atoms with van der Waals surface area (Å²) in [6.45, 7) is 2.30. The van der Waals surface area contributed by atoms with Crippen LogP contribution in [0.25, 0.3) is 0 Å². The van der Waals surface area contributed by atoms with E-state index in [1.165, 1.54) is 5.56 Å². The summed E-state index contributed by atoms with van der Waals surface area (Å²) in [5.74, 6) is 1.11. The van der Waals surface area contributed by atoms with Crippen molar-refractivity contribution in [2.75, 3.05) is 13.2 Å². The zero-order valence-electron chi connectivity index (χ0n) is 15.0. The summed E-state index contributed by atoms with van der Waals surface area (Å²) in [4.78, 5) is 3.17. The molecule has 0 aliphatic carbocycles. The molecule has 27 heavy (non-hydrogen) atoms. The lowest BCUT2D eigenvalue weighted by atomic mass is 10.0. The Balaban J connectivity index is 1.42. The number of H-pyrrole nitrogens is 1. The molecular formula is C21H23N3O2S. The van der Waals surface area contributed by atoms with Gasteiger partial charge in [-0.15, -0.1) is 0 Å². The van der Waals surface area contributed by atoms with Gasteiger partial charge in [0.15, 0.2) is 4.77 Å². The number of nitrogens with zero attached hydrogens (tertiary/aromatic N) is 1. The standard InChI is InChI=1S/C21H23N3O2S/c25-19-6-7-20-16(11-19)10-18(14-26-20)24-17(13-23-21(24)27)8-9-22-12-15-4-2-1-3-5-15/h1-7,11,13,18,22,25H,8-10,12,14H2,(H,23,27). The quantitative estimate of drug-likeness (QED) is 0.449. The first-order valence-corrected chi connectivity index (χ1v) is 9.59. The van der Waals surface area contributed by atoms with Gasteiger partial charge < -0.3 is 24.7 Å². The van der Waals surface area contributed by atoms with Crippen LogP contribution in [-0.4, -0.2) is 27.8 Å². The van der Waals surface area contributed by atoms with Crippen LogP contribution in [-0.2, 0) is 19.4 Å². The third-order valence-corrected chi connectivity index (χ3v) is 5.23. The van der Waals surface area contributed by atoms with E-state index in [-0.39, 0.29) is 11.8 Å². The lowest BCUT2D eigenvalue weighted by molar-refractivity contribution is 0.220. The van der Waals surface area contributed by atoms with Gasteiger partial charge in [-0.1, -0.05) is 30.3 Å². The predicted octanol–water partition coefficient (Wildman–Crippen LogP) is 3.76. The first-order valence-electron chi connectivity index (χ1n) is 9.19. The maximum atomic E-state index is 9.75. The van der Waals surface area contributed by atoms with Crippen LogP contribution in [0.1, 0.15) is 22.9 Å². The van der Waals surface area contributed by atoms with Crippen molar-refractivity contribution in [2.45, 2.75) is 25.4 Å². The van der Waals surface area contributed by atoms with E-state index < -0.39 is 0 Å².